The second-order valence-electron chi connectivity index (χ2n) is 6.97. The Labute approximate surface area is 153 Å². The van der Waals surface area contributed by atoms with Crippen molar-refractivity contribution in [1.29, 1.82) is 0 Å². The van der Waals surface area contributed by atoms with Crippen LogP contribution in [0, 0.1) is 11.7 Å². The SMILES string of the molecule is CC(C)c1cccc(NC(=O)[C@@H](NC(=O)c2ccc(F)cc2)C(C)C)c1. The van der Waals surface area contributed by atoms with Crippen molar-refractivity contribution >= 4 is 17.5 Å². The summed E-state index contributed by atoms with van der Waals surface area (Å²) in [5.74, 6) is -0.852. The Bertz CT molecular complexity index is 770. The number of amides is 2. The van der Waals surface area contributed by atoms with E-state index in [4.69, 9.17) is 0 Å². The van der Waals surface area contributed by atoms with E-state index in [1.54, 1.807) is 0 Å². The predicted molar refractivity (Wildman–Crippen MR) is 102 cm³/mol. The van der Waals surface area contributed by atoms with Crippen LogP contribution in [0.5, 0.6) is 0 Å². The number of nitrogens with one attached hydrogen (secondary N) is 2. The average Bonchev–Trinajstić information content (AvgIpc) is 2.59. The molecule has 0 aliphatic rings. The molecule has 0 heterocycles. The van der Waals surface area contributed by atoms with Crippen LogP contribution in [0.1, 0.15) is 49.5 Å². The summed E-state index contributed by atoms with van der Waals surface area (Å²) in [6.07, 6.45) is 0. The van der Waals surface area contributed by atoms with Crippen LogP contribution < -0.4 is 10.6 Å². The van der Waals surface area contributed by atoms with E-state index in [0.717, 1.165) is 5.56 Å². The summed E-state index contributed by atoms with van der Waals surface area (Å²) in [6, 6.07) is 12.2. The van der Waals surface area contributed by atoms with Crippen LogP contribution in [0.25, 0.3) is 0 Å². The molecule has 138 valence electrons. The molecule has 0 radical (unpaired) electrons. The van der Waals surface area contributed by atoms with Crippen LogP contribution in [-0.4, -0.2) is 17.9 Å². The highest BCUT2D eigenvalue weighted by molar-refractivity contribution is 6.01. The number of carbonyl (C=O) groups is 2. The summed E-state index contributed by atoms with van der Waals surface area (Å²) in [5, 5.41) is 5.61. The molecule has 0 bridgehead atoms. The van der Waals surface area contributed by atoms with Crippen molar-refractivity contribution in [3.8, 4) is 0 Å². The lowest BCUT2D eigenvalue weighted by molar-refractivity contribution is -0.118. The average molecular weight is 356 g/mol. The molecule has 0 aliphatic heterocycles. The molecule has 0 fully saturated rings. The zero-order valence-electron chi connectivity index (χ0n) is 15.5. The molecule has 26 heavy (non-hydrogen) atoms. The predicted octanol–water partition coefficient (Wildman–Crippen LogP) is 4.34. The van der Waals surface area contributed by atoms with E-state index >= 15 is 0 Å². The molecule has 2 amide bonds. The molecular formula is C21H25FN2O2. The second-order valence-corrected chi connectivity index (χ2v) is 6.97. The molecule has 0 saturated heterocycles. The van der Waals surface area contributed by atoms with Gasteiger partial charge in [-0.3, -0.25) is 9.59 Å². The van der Waals surface area contributed by atoms with Crippen LogP contribution in [0.2, 0.25) is 0 Å². The van der Waals surface area contributed by atoms with Crippen LogP contribution >= 0.6 is 0 Å². The van der Waals surface area contributed by atoms with Gasteiger partial charge in [0.2, 0.25) is 5.91 Å². The van der Waals surface area contributed by atoms with Gasteiger partial charge in [-0.1, -0.05) is 39.8 Å². The van der Waals surface area contributed by atoms with Crippen molar-refractivity contribution in [1.82, 2.24) is 5.32 Å². The summed E-state index contributed by atoms with van der Waals surface area (Å²) in [6.45, 7) is 7.89. The van der Waals surface area contributed by atoms with Gasteiger partial charge in [0.1, 0.15) is 11.9 Å². The fourth-order valence-electron chi connectivity index (χ4n) is 2.56. The highest BCUT2D eigenvalue weighted by Gasteiger charge is 2.25. The topological polar surface area (TPSA) is 58.2 Å². The fraction of sp³-hybridized carbons (Fsp3) is 0.333. The number of halogens is 1. The van der Waals surface area contributed by atoms with Crippen molar-refractivity contribution < 1.29 is 14.0 Å². The Hall–Kier alpha value is -2.69. The Balaban J connectivity index is 2.11. The summed E-state index contributed by atoms with van der Waals surface area (Å²) >= 11 is 0. The quantitative estimate of drug-likeness (QED) is 0.809. The summed E-state index contributed by atoms with van der Waals surface area (Å²) in [5.41, 5.74) is 2.13. The minimum absolute atomic E-state index is 0.104. The third-order valence-corrected chi connectivity index (χ3v) is 4.16. The van der Waals surface area contributed by atoms with E-state index in [-0.39, 0.29) is 11.8 Å². The van der Waals surface area contributed by atoms with Gasteiger partial charge >= 0.3 is 0 Å². The first-order chi connectivity index (χ1) is 12.3. The van der Waals surface area contributed by atoms with Crippen molar-refractivity contribution in [2.75, 3.05) is 5.32 Å². The van der Waals surface area contributed by atoms with Crippen molar-refractivity contribution in [2.24, 2.45) is 5.92 Å². The van der Waals surface area contributed by atoms with Crippen LogP contribution in [0.15, 0.2) is 48.5 Å². The van der Waals surface area contributed by atoms with Gasteiger partial charge in [-0.05, 0) is 53.8 Å². The Kier molecular flexibility index (Phi) is 6.50. The number of anilines is 1. The van der Waals surface area contributed by atoms with Crippen molar-refractivity contribution in [3.05, 3.63) is 65.5 Å². The van der Waals surface area contributed by atoms with Gasteiger partial charge in [-0.2, -0.15) is 0 Å². The lowest BCUT2D eigenvalue weighted by Gasteiger charge is -2.22. The summed E-state index contributed by atoms with van der Waals surface area (Å²) in [7, 11) is 0. The van der Waals surface area contributed by atoms with Crippen LogP contribution in [-0.2, 0) is 4.79 Å². The number of rotatable bonds is 6. The van der Waals surface area contributed by atoms with Gasteiger partial charge in [0.15, 0.2) is 0 Å². The normalized spacial score (nSPS) is 12.1. The molecule has 0 unspecified atom stereocenters. The molecular weight excluding hydrogens is 331 g/mol. The highest BCUT2D eigenvalue weighted by Crippen LogP contribution is 2.19. The molecule has 1 atom stereocenters. The zero-order valence-corrected chi connectivity index (χ0v) is 15.5. The minimum Gasteiger partial charge on any atom is -0.340 e. The first-order valence-electron chi connectivity index (χ1n) is 8.75. The molecule has 2 N–H and O–H groups in total. The third kappa shape index (κ3) is 5.15. The van der Waals surface area contributed by atoms with Gasteiger partial charge in [0.25, 0.3) is 5.91 Å². The summed E-state index contributed by atoms with van der Waals surface area (Å²) in [4.78, 5) is 25.0. The molecule has 0 aliphatic carbocycles. The lowest BCUT2D eigenvalue weighted by atomic mass is 10.0. The van der Waals surface area contributed by atoms with E-state index in [1.807, 2.05) is 38.1 Å². The third-order valence-electron chi connectivity index (χ3n) is 4.16. The zero-order chi connectivity index (χ0) is 19.3. The monoisotopic (exact) mass is 356 g/mol. The molecule has 0 aromatic heterocycles. The Morgan fingerprint density at radius 3 is 2.19 bits per heavy atom. The van der Waals surface area contributed by atoms with E-state index in [9.17, 15) is 14.0 Å². The van der Waals surface area contributed by atoms with Crippen LogP contribution in [0.3, 0.4) is 0 Å². The second kappa shape index (κ2) is 8.61. The lowest BCUT2D eigenvalue weighted by Crippen LogP contribution is -2.47. The minimum atomic E-state index is -0.699. The first kappa shape index (κ1) is 19.6. The van der Waals surface area contributed by atoms with Gasteiger partial charge in [-0.25, -0.2) is 4.39 Å². The Morgan fingerprint density at radius 1 is 0.962 bits per heavy atom. The maximum Gasteiger partial charge on any atom is 0.251 e. The van der Waals surface area contributed by atoms with E-state index in [0.29, 0.717) is 17.2 Å². The smallest absolute Gasteiger partial charge is 0.251 e. The molecule has 4 nitrogen and oxygen atoms in total. The van der Waals surface area contributed by atoms with E-state index in [2.05, 4.69) is 24.5 Å². The molecule has 2 aromatic carbocycles. The van der Waals surface area contributed by atoms with E-state index in [1.165, 1.54) is 24.3 Å². The molecule has 0 spiro atoms. The molecule has 5 heteroatoms. The number of benzene rings is 2. The number of hydrogen-bond donors (Lipinski definition) is 2. The maximum absolute atomic E-state index is 13.0. The van der Waals surface area contributed by atoms with Crippen molar-refractivity contribution in [3.63, 3.8) is 0 Å². The Morgan fingerprint density at radius 2 is 1.62 bits per heavy atom. The molecule has 2 rings (SSSR count). The van der Waals surface area contributed by atoms with Crippen LogP contribution in [0.4, 0.5) is 10.1 Å². The largest absolute Gasteiger partial charge is 0.340 e. The van der Waals surface area contributed by atoms with Gasteiger partial charge < -0.3 is 10.6 Å². The van der Waals surface area contributed by atoms with E-state index < -0.39 is 17.8 Å². The molecule has 2 aromatic rings. The maximum atomic E-state index is 13.0. The fourth-order valence-corrected chi connectivity index (χ4v) is 2.56. The van der Waals surface area contributed by atoms with Gasteiger partial charge in [0, 0.05) is 11.3 Å². The van der Waals surface area contributed by atoms with Crippen molar-refractivity contribution in [2.45, 2.75) is 39.7 Å². The standard InChI is InChI=1S/C21H25FN2O2/c1-13(2)16-6-5-7-18(12-16)23-21(26)19(14(3)4)24-20(25)15-8-10-17(22)11-9-15/h5-14,19H,1-4H3,(H,23,26)(H,24,25)/t19-/m0/s1. The highest BCUT2D eigenvalue weighted by atomic mass is 19.1. The number of carbonyl (C=O) groups excluding carboxylic acids is 2. The summed E-state index contributed by atoms with van der Waals surface area (Å²) < 4.78 is 13.0. The van der Waals surface area contributed by atoms with Gasteiger partial charge in [-0.15, -0.1) is 0 Å². The number of hydrogen-bond acceptors (Lipinski definition) is 2. The van der Waals surface area contributed by atoms with Gasteiger partial charge in [0.05, 0.1) is 0 Å². The molecule has 0 saturated carbocycles. The first-order valence-corrected chi connectivity index (χ1v) is 8.75.